The van der Waals surface area contributed by atoms with E-state index in [0.29, 0.717) is 23.7 Å². The van der Waals surface area contributed by atoms with Crippen molar-refractivity contribution in [1.82, 2.24) is 0 Å². The monoisotopic (exact) mass is 344 g/mol. The highest BCUT2D eigenvalue weighted by Gasteiger charge is 2.13. The van der Waals surface area contributed by atoms with E-state index in [4.69, 9.17) is 14.3 Å². The van der Waals surface area contributed by atoms with E-state index in [-0.39, 0.29) is 12.3 Å². The fraction of sp³-hybridized carbons (Fsp3) is 0.278. The molecule has 0 unspecified atom stereocenters. The molecule has 132 valence electrons. The predicted octanol–water partition coefficient (Wildman–Crippen LogP) is 3.86. The minimum absolute atomic E-state index is 0.0707. The second-order valence-electron chi connectivity index (χ2n) is 5.17. The van der Waals surface area contributed by atoms with Gasteiger partial charge in [-0.2, -0.15) is 0 Å². The molecule has 2 rings (SSSR count). The van der Waals surface area contributed by atoms with Crippen LogP contribution in [0.4, 0.5) is 5.69 Å². The van der Waals surface area contributed by atoms with E-state index in [1.54, 1.807) is 44.5 Å². The van der Waals surface area contributed by atoms with E-state index in [1.807, 2.05) is 13.0 Å². The van der Waals surface area contributed by atoms with Crippen LogP contribution in [0.5, 0.6) is 11.5 Å². The van der Waals surface area contributed by atoms with Gasteiger partial charge in [-0.15, -0.1) is 0 Å². The summed E-state index contributed by atoms with van der Waals surface area (Å²) in [6, 6.07) is 10.3. The molecule has 0 aliphatic rings. The Bertz CT molecular complexity index is 774. The second kappa shape index (κ2) is 8.68. The van der Waals surface area contributed by atoms with Crippen molar-refractivity contribution in [2.45, 2.75) is 20.5 Å². The number of ether oxygens (including phenoxy) is 2. The van der Waals surface area contributed by atoms with Crippen molar-refractivity contribution in [1.29, 1.82) is 0 Å². The lowest BCUT2D eigenvalue weighted by molar-refractivity contribution is -0.385. The maximum absolute atomic E-state index is 10.9. The average molecular weight is 344 g/mol. The number of methoxy groups -OCH3 is 1. The molecular formula is C18H20N2O5. The highest BCUT2D eigenvalue weighted by Crippen LogP contribution is 2.27. The molecule has 0 spiro atoms. The van der Waals surface area contributed by atoms with E-state index >= 15 is 0 Å². The predicted molar refractivity (Wildman–Crippen MR) is 94.4 cm³/mol. The molecule has 0 saturated heterocycles. The molecule has 0 radical (unpaired) electrons. The van der Waals surface area contributed by atoms with Crippen molar-refractivity contribution in [2.75, 3.05) is 13.7 Å². The lowest BCUT2D eigenvalue weighted by Crippen LogP contribution is -1.98. The van der Waals surface area contributed by atoms with E-state index in [0.717, 1.165) is 11.1 Å². The van der Waals surface area contributed by atoms with Gasteiger partial charge in [0.1, 0.15) is 6.61 Å². The van der Waals surface area contributed by atoms with Gasteiger partial charge in [-0.3, -0.25) is 10.1 Å². The number of hydrogen-bond acceptors (Lipinski definition) is 6. The van der Waals surface area contributed by atoms with Crippen LogP contribution in [-0.4, -0.2) is 24.9 Å². The minimum atomic E-state index is -0.408. The van der Waals surface area contributed by atoms with Crippen LogP contribution in [0, 0.1) is 17.0 Å². The first kappa shape index (κ1) is 18.3. The van der Waals surface area contributed by atoms with Crippen LogP contribution in [-0.2, 0) is 11.4 Å². The minimum Gasteiger partial charge on any atom is -0.493 e. The Kier molecular flexibility index (Phi) is 6.33. The third-order valence-corrected chi connectivity index (χ3v) is 3.60. The van der Waals surface area contributed by atoms with Gasteiger partial charge >= 0.3 is 0 Å². The van der Waals surface area contributed by atoms with Gasteiger partial charge in [0.25, 0.3) is 5.69 Å². The zero-order valence-corrected chi connectivity index (χ0v) is 14.4. The lowest BCUT2D eigenvalue weighted by Gasteiger charge is -2.09. The van der Waals surface area contributed by atoms with Gasteiger partial charge in [0.05, 0.1) is 24.9 Å². The van der Waals surface area contributed by atoms with Crippen LogP contribution >= 0.6 is 0 Å². The molecule has 0 amide bonds. The average Bonchev–Trinajstić information content (AvgIpc) is 2.60. The van der Waals surface area contributed by atoms with Crippen LogP contribution in [0.3, 0.4) is 0 Å². The summed E-state index contributed by atoms with van der Waals surface area (Å²) in [7, 11) is 1.57. The van der Waals surface area contributed by atoms with Gasteiger partial charge < -0.3 is 14.3 Å². The number of nitro benzene ring substituents is 1. The third kappa shape index (κ3) is 4.69. The Morgan fingerprint density at radius 3 is 2.72 bits per heavy atom. The number of nitro groups is 1. The first-order chi connectivity index (χ1) is 12.1. The van der Waals surface area contributed by atoms with Gasteiger partial charge in [-0.25, -0.2) is 0 Å². The van der Waals surface area contributed by atoms with E-state index in [1.165, 1.54) is 6.07 Å². The number of oxime groups is 1. The summed E-state index contributed by atoms with van der Waals surface area (Å²) in [6.07, 6.45) is 1.55. The normalized spacial score (nSPS) is 10.7. The number of benzene rings is 2. The Hall–Kier alpha value is -3.09. The second-order valence-corrected chi connectivity index (χ2v) is 5.17. The van der Waals surface area contributed by atoms with Crippen molar-refractivity contribution >= 4 is 11.9 Å². The molecule has 0 saturated carbocycles. The third-order valence-electron chi connectivity index (χ3n) is 3.60. The molecule has 7 heteroatoms. The van der Waals surface area contributed by atoms with Gasteiger partial charge in [0.15, 0.2) is 11.5 Å². The Balaban J connectivity index is 2.02. The SMILES string of the molecule is CCOc1ccc(/C=N/OCc2cccc([N+](=O)[O-])c2C)cc1OC. The van der Waals surface area contributed by atoms with Gasteiger partial charge in [-0.05, 0) is 32.0 Å². The molecular weight excluding hydrogens is 324 g/mol. The summed E-state index contributed by atoms with van der Waals surface area (Å²) in [5.41, 5.74) is 2.15. The maximum Gasteiger partial charge on any atom is 0.272 e. The first-order valence-corrected chi connectivity index (χ1v) is 7.75. The molecule has 0 fully saturated rings. The molecule has 0 aliphatic carbocycles. The fourth-order valence-corrected chi connectivity index (χ4v) is 2.27. The van der Waals surface area contributed by atoms with Crippen LogP contribution in [0.15, 0.2) is 41.6 Å². The molecule has 0 N–H and O–H groups in total. The van der Waals surface area contributed by atoms with Crippen molar-refractivity contribution in [2.24, 2.45) is 5.16 Å². The molecule has 2 aromatic carbocycles. The number of nitrogens with zero attached hydrogens (tertiary/aromatic N) is 2. The highest BCUT2D eigenvalue weighted by atomic mass is 16.6. The molecule has 0 aliphatic heterocycles. The summed E-state index contributed by atoms with van der Waals surface area (Å²) >= 11 is 0. The van der Waals surface area contributed by atoms with Crippen molar-refractivity contribution in [3.8, 4) is 11.5 Å². The molecule has 0 atom stereocenters. The van der Waals surface area contributed by atoms with Gasteiger partial charge in [-0.1, -0.05) is 17.3 Å². The maximum atomic E-state index is 10.9. The lowest BCUT2D eigenvalue weighted by atomic mass is 10.1. The van der Waals surface area contributed by atoms with Crippen LogP contribution < -0.4 is 9.47 Å². The standard InChI is InChI=1S/C18H20N2O5/c1-4-24-17-9-8-14(10-18(17)23-3)11-19-25-12-15-6-5-7-16(13(15)2)20(21)22/h5-11H,4,12H2,1-3H3/b19-11+. The smallest absolute Gasteiger partial charge is 0.272 e. The Labute approximate surface area is 146 Å². The van der Waals surface area contributed by atoms with Crippen molar-refractivity contribution < 1.29 is 19.2 Å². The summed E-state index contributed by atoms with van der Waals surface area (Å²) in [5.74, 6) is 1.27. The molecule has 2 aromatic rings. The van der Waals surface area contributed by atoms with Crippen LogP contribution in [0.25, 0.3) is 0 Å². The van der Waals surface area contributed by atoms with Crippen LogP contribution in [0.1, 0.15) is 23.6 Å². The zero-order valence-electron chi connectivity index (χ0n) is 14.4. The summed E-state index contributed by atoms with van der Waals surface area (Å²) < 4.78 is 10.7. The van der Waals surface area contributed by atoms with E-state index in [2.05, 4.69) is 5.16 Å². The van der Waals surface area contributed by atoms with E-state index in [9.17, 15) is 10.1 Å². The van der Waals surface area contributed by atoms with E-state index < -0.39 is 4.92 Å². The summed E-state index contributed by atoms with van der Waals surface area (Å²) in [4.78, 5) is 15.8. The molecule has 0 aromatic heterocycles. The quantitative estimate of drug-likeness (QED) is 0.412. The largest absolute Gasteiger partial charge is 0.493 e. The van der Waals surface area contributed by atoms with Crippen molar-refractivity contribution in [3.63, 3.8) is 0 Å². The van der Waals surface area contributed by atoms with Crippen LogP contribution in [0.2, 0.25) is 0 Å². The number of rotatable bonds is 8. The molecule has 0 bridgehead atoms. The summed E-state index contributed by atoms with van der Waals surface area (Å²) in [6.45, 7) is 4.30. The first-order valence-electron chi connectivity index (χ1n) is 7.75. The van der Waals surface area contributed by atoms with Gasteiger partial charge in [0, 0.05) is 22.8 Å². The molecule has 25 heavy (non-hydrogen) atoms. The molecule has 0 heterocycles. The Morgan fingerprint density at radius 2 is 2.04 bits per heavy atom. The topological polar surface area (TPSA) is 83.2 Å². The highest BCUT2D eigenvalue weighted by molar-refractivity contribution is 5.80. The zero-order chi connectivity index (χ0) is 18.2. The Morgan fingerprint density at radius 1 is 1.24 bits per heavy atom. The van der Waals surface area contributed by atoms with Crippen molar-refractivity contribution in [3.05, 3.63) is 63.2 Å². The molecule has 7 nitrogen and oxygen atoms in total. The summed E-state index contributed by atoms with van der Waals surface area (Å²) in [5, 5.41) is 14.8. The number of hydrogen-bond donors (Lipinski definition) is 0. The fourth-order valence-electron chi connectivity index (χ4n) is 2.27. The van der Waals surface area contributed by atoms with Gasteiger partial charge in [0.2, 0.25) is 0 Å².